The van der Waals surface area contributed by atoms with Crippen LogP contribution >= 0.6 is 0 Å². The van der Waals surface area contributed by atoms with Crippen molar-refractivity contribution in [2.45, 2.75) is 33.6 Å². The molecule has 0 radical (unpaired) electrons. The van der Waals surface area contributed by atoms with Gasteiger partial charge in [0.15, 0.2) is 0 Å². The van der Waals surface area contributed by atoms with E-state index in [1.807, 2.05) is 18.2 Å². The standard InChI is InChI=1S/C11H24N2O.C9H6O2.CH5N/c1-5-13(6-2,7-3)10-8-9-11(14)12-4;10-9-6-5-7-3-1-2-4-8(7)11-9;1-2/h5-10H2,1-4H3;1-6H;2H2,1H3/p+1. The van der Waals surface area contributed by atoms with Gasteiger partial charge in [0, 0.05) is 31.3 Å². The number of carbonyl (C=O) groups excluding carboxylic acids is 1. The number of amides is 1. The molecule has 6 nitrogen and oxygen atoms in total. The Balaban J connectivity index is 0.000000465. The van der Waals surface area contributed by atoms with Crippen molar-refractivity contribution in [2.75, 3.05) is 40.3 Å². The molecule has 0 fully saturated rings. The maximum absolute atomic E-state index is 11.0. The summed E-state index contributed by atoms with van der Waals surface area (Å²) in [6.07, 6.45) is 1.66. The van der Waals surface area contributed by atoms with Crippen LogP contribution in [0, 0.1) is 0 Å². The largest absolute Gasteiger partial charge is 0.423 e. The van der Waals surface area contributed by atoms with Crippen LogP contribution in [0.15, 0.2) is 45.6 Å². The van der Waals surface area contributed by atoms with Gasteiger partial charge >= 0.3 is 5.63 Å². The van der Waals surface area contributed by atoms with E-state index in [9.17, 15) is 9.59 Å². The lowest BCUT2D eigenvalue weighted by Crippen LogP contribution is -2.48. The second-order valence-corrected chi connectivity index (χ2v) is 6.08. The zero-order chi connectivity index (χ0) is 20.7. The Morgan fingerprint density at radius 3 is 2.19 bits per heavy atom. The predicted molar refractivity (Wildman–Crippen MR) is 113 cm³/mol. The molecule has 0 spiro atoms. The summed E-state index contributed by atoms with van der Waals surface area (Å²) < 4.78 is 6.04. The summed E-state index contributed by atoms with van der Waals surface area (Å²) in [6.45, 7) is 11.3. The molecule has 0 saturated heterocycles. The van der Waals surface area contributed by atoms with E-state index in [2.05, 4.69) is 31.8 Å². The summed E-state index contributed by atoms with van der Waals surface area (Å²) in [5, 5.41) is 3.61. The van der Waals surface area contributed by atoms with E-state index in [1.54, 1.807) is 19.2 Å². The molecule has 0 atom stereocenters. The van der Waals surface area contributed by atoms with Crippen LogP contribution in [0.3, 0.4) is 0 Å². The molecule has 1 aromatic carbocycles. The number of fused-ring (bicyclic) bond motifs is 1. The summed E-state index contributed by atoms with van der Waals surface area (Å²) in [5.74, 6) is 0.159. The lowest BCUT2D eigenvalue weighted by atomic mass is 10.2. The van der Waals surface area contributed by atoms with Gasteiger partial charge in [0.2, 0.25) is 5.91 Å². The van der Waals surface area contributed by atoms with Crippen LogP contribution in [0.2, 0.25) is 0 Å². The average molecular weight is 379 g/mol. The summed E-state index contributed by atoms with van der Waals surface area (Å²) in [4.78, 5) is 21.8. The summed E-state index contributed by atoms with van der Waals surface area (Å²) in [5.41, 5.74) is 4.84. The fourth-order valence-corrected chi connectivity index (χ4v) is 2.86. The van der Waals surface area contributed by atoms with Gasteiger partial charge in [-0.1, -0.05) is 18.2 Å². The Morgan fingerprint density at radius 2 is 1.63 bits per heavy atom. The van der Waals surface area contributed by atoms with Gasteiger partial charge in [-0.25, -0.2) is 4.79 Å². The van der Waals surface area contributed by atoms with Gasteiger partial charge in [0.1, 0.15) is 5.58 Å². The quantitative estimate of drug-likeness (QED) is 0.573. The lowest BCUT2D eigenvalue weighted by molar-refractivity contribution is -0.923. The van der Waals surface area contributed by atoms with Crippen molar-refractivity contribution in [2.24, 2.45) is 5.73 Å². The third-order valence-electron chi connectivity index (χ3n) is 4.86. The normalized spacial score (nSPS) is 10.3. The van der Waals surface area contributed by atoms with Crippen LogP contribution in [0.5, 0.6) is 0 Å². The molecule has 1 aromatic heterocycles. The van der Waals surface area contributed by atoms with Crippen molar-refractivity contribution in [3.8, 4) is 0 Å². The monoisotopic (exact) mass is 378 g/mol. The number of benzene rings is 1. The Kier molecular flexibility index (Phi) is 12.8. The third-order valence-corrected chi connectivity index (χ3v) is 4.86. The highest BCUT2D eigenvalue weighted by Crippen LogP contribution is 2.09. The molecule has 0 aliphatic rings. The van der Waals surface area contributed by atoms with E-state index in [0.29, 0.717) is 12.0 Å². The van der Waals surface area contributed by atoms with E-state index < -0.39 is 0 Å². The van der Waals surface area contributed by atoms with Crippen LogP contribution in [0.4, 0.5) is 0 Å². The molecule has 6 heteroatoms. The number of nitrogens with zero attached hydrogens (tertiary/aromatic N) is 1. The van der Waals surface area contributed by atoms with Crippen molar-refractivity contribution in [3.05, 3.63) is 46.8 Å². The first kappa shape index (κ1) is 24.8. The number of para-hydroxylation sites is 1. The fourth-order valence-electron chi connectivity index (χ4n) is 2.86. The highest BCUT2D eigenvalue weighted by molar-refractivity contribution is 5.76. The van der Waals surface area contributed by atoms with E-state index in [0.717, 1.165) is 22.8 Å². The smallest absolute Gasteiger partial charge is 0.336 e. The van der Waals surface area contributed by atoms with Gasteiger partial charge in [0.25, 0.3) is 0 Å². The first-order valence-corrected chi connectivity index (χ1v) is 9.62. The summed E-state index contributed by atoms with van der Waals surface area (Å²) >= 11 is 0. The molecule has 27 heavy (non-hydrogen) atoms. The van der Waals surface area contributed by atoms with E-state index in [4.69, 9.17) is 4.42 Å². The van der Waals surface area contributed by atoms with E-state index >= 15 is 0 Å². The van der Waals surface area contributed by atoms with Crippen molar-refractivity contribution in [1.29, 1.82) is 0 Å². The minimum atomic E-state index is -0.302. The number of quaternary nitrogens is 1. The molecule has 0 aliphatic heterocycles. The van der Waals surface area contributed by atoms with Gasteiger partial charge in [-0.15, -0.1) is 0 Å². The van der Waals surface area contributed by atoms with Crippen LogP contribution in [-0.2, 0) is 4.79 Å². The molecule has 2 aromatic rings. The zero-order valence-electron chi connectivity index (χ0n) is 17.5. The molecule has 3 N–H and O–H groups in total. The van der Waals surface area contributed by atoms with Gasteiger partial charge in [-0.3, -0.25) is 4.79 Å². The first-order valence-electron chi connectivity index (χ1n) is 9.62. The Morgan fingerprint density at radius 1 is 1.04 bits per heavy atom. The summed E-state index contributed by atoms with van der Waals surface area (Å²) in [7, 11) is 3.20. The number of carbonyl (C=O) groups is 1. The number of nitrogens with two attached hydrogens (primary N) is 1. The van der Waals surface area contributed by atoms with Crippen LogP contribution < -0.4 is 16.7 Å². The maximum Gasteiger partial charge on any atom is 0.336 e. The number of nitrogens with one attached hydrogen (secondary N) is 1. The van der Waals surface area contributed by atoms with Gasteiger partial charge in [-0.05, 0) is 40.0 Å². The second kappa shape index (κ2) is 13.9. The average Bonchev–Trinajstić information content (AvgIpc) is 2.73. The molecule has 0 unspecified atom stereocenters. The lowest BCUT2D eigenvalue weighted by Gasteiger charge is -2.35. The third kappa shape index (κ3) is 8.84. The Hall–Kier alpha value is -2.18. The molecule has 152 valence electrons. The second-order valence-electron chi connectivity index (χ2n) is 6.08. The number of hydrogen-bond donors (Lipinski definition) is 2. The van der Waals surface area contributed by atoms with Crippen LogP contribution in [0.1, 0.15) is 33.6 Å². The molecular formula is C21H36N3O3+. The molecule has 0 saturated carbocycles. The highest BCUT2D eigenvalue weighted by atomic mass is 16.4. The van der Waals surface area contributed by atoms with E-state index in [1.165, 1.54) is 32.7 Å². The predicted octanol–water partition coefficient (Wildman–Crippen LogP) is 2.76. The minimum Gasteiger partial charge on any atom is -0.423 e. The number of hydrogen-bond acceptors (Lipinski definition) is 4. The van der Waals surface area contributed by atoms with Crippen molar-refractivity contribution in [1.82, 2.24) is 5.32 Å². The molecule has 0 bridgehead atoms. The van der Waals surface area contributed by atoms with Crippen LogP contribution in [-0.4, -0.2) is 50.7 Å². The molecule has 1 amide bonds. The van der Waals surface area contributed by atoms with Gasteiger partial charge in [0.05, 0.1) is 26.2 Å². The summed E-state index contributed by atoms with van der Waals surface area (Å²) in [6, 6.07) is 10.6. The first-order chi connectivity index (χ1) is 13.0. The highest BCUT2D eigenvalue weighted by Gasteiger charge is 2.20. The molecular weight excluding hydrogens is 342 g/mol. The topological polar surface area (TPSA) is 85.3 Å². The van der Waals surface area contributed by atoms with Gasteiger partial charge in [-0.2, -0.15) is 0 Å². The molecule has 0 aliphatic carbocycles. The molecule has 2 rings (SSSR count). The van der Waals surface area contributed by atoms with Crippen molar-refractivity contribution in [3.63, 3.8) is 0 Å². The zero-order valence-corrected chi connectivity index (χ0v) is 17.5. The minimum absolute atomic E-state index is 0.159. The SMILES string of the molecule is CC[N+](CC)(CC)CCCC(=O)NC.CN.O=c1ccc2ccccc2o1. The van der Waals surface area contributed by atoms with Crippen molar-refractivity contribution < 1.29 is 13.7 Å². The Bertz CT molecular complexity index is 701. The van der Waals surface area contributed by atoms with E-state index in [-0.39, 0.29) is 11.5 Å². The Labute approximate surface area is 162 Å². The van der Waals surface area contributed by atoms with Crippen molar-refractivity contribution >= 4 is 16.9 Å². The molecule has 1 heterocycles. The van der Waals surface area contributed by atoms with Gasteiger partial charge < -0.3 is 20.0 Å². The van der Waals surface area contributed by atoms with Crippen LogP contribution in [0.25, 0.3) is 11.0 Å². The maximum atomic E-state index is 11.0. The number of rotatable bonds is 7. The fraction of sp³-hybridized carbons (Fsp3) is 0.524.